The van der Waals surface area contributed by atoms with Gasteiger partial charge in [-0.1, -0.05) is 20.3 Å². The molecule has 0 bridgehead atoms. The fourth-order valence-corrected chi connectivity index (χ4v) is 3.25. The highest BCUT2D eigenvalue weighted by Gasteiger charge is 2.45. The summed E-state index contributed by atoms with van der Waals surface area (Å²) in [4.78, 5) is 28.8. The van der Waals surface area contributed by atoms with E-state index in [0.717, 1.165) is 63.6 Å². The zero-order valence-electron chi connectivity index (χ0n) is 26.2. The molecule has 1 rings (SSSR count). The number of carbonyl (C=O) groups excluding carboxylic acids is 2. The van der Waals surface area contributed by atoms with E-state index in [4.69, 9.17) is 21.1 Å². The summed E-state index contributed by atoms with van der Waals surface area (Å²) in [7, 11) is 3.85. The molecule has 1 aliphatic heterocycles. The third-order valence-corrected chi connectivity index (χ3v) is 5.84. The lowest BCUT2D eigenvalue weighted by atomic mass is 10.2. The van der Waals surface area contributed by atoms with Crippen molar-refractivity contribution in [3.05, 3.63) is 0 Å². The molecule has 0 saturated carbocycles. The number of nitrogens with two attached hydrogens (primary N) is 1. The van der Waals surface area contributed by atoms with Crippen LogP contribution in [0.25, 0.3) is 0 Å². The summed E-state index contributed by atoms with van der Waals surface area (Å²) < 4.78 is 0. The first-order valence-electron chi connectivity index (χ1n) is 14.6. The average molecular weight is 583 g/mol. The zero-order valence-corrected chi connectivity index (χ0v) is 26.2. The minimum atomic E-state index is -1.61. The van der Waals surface area contributed by atoms with E-state index in [9.17, 15) is 19.8 Å². The minimum Gasteiger partial charge on any atom is -0.397 e. The number of imide groups is 1. The van der Waals surface area contributed by atoms with Crippen molar-refractivity contribution < 1.29 is 35.1 Å². The molecular formula is C27H62N6O7. The molecule has 1 heterocycles. The second kappa shape index (κ2) is 29.2. The average Bonchev–Trinajstić information content (AvgIpc) is 3.10. The summed E-state index contributed by atoms with van der Waals surface area (Å²) in [6, 6.07) is 0. The maximum atomic E-state index is 11.6. The summed E-state index contributed by atoms with van der Waals surface area (Å²) in [5.74, 6) is -1.40. The Morgan fingerprint density at radius 1 is 0.800 bits per heavy atom. The van der Waals surface area contributed by atoms with Crippen molar-refractivity contribution in [1.82, 2.24) is 25.3 Å². The fraction of sp³-hybridized carbons (Fsp3) is 0.926. The Morgan fingerprint density at radius 3 is 1.55 bits per heavy atom. The van der Waals surface area contributed by atoms with E-state index in [1.807, 2.05) is 14.1 Å². The summed E-state index contributed by atoms with van der Waals surface area (Å²) in [6.07, 6.45) is -1.06. The first-order chi connectivity index (χ1) is 18.9. The first-order valence-corrected chi connectivity index (χ1v) is 14.6. The van der Waals surface area contributed by atoms with Crippen molar-refractivity contribution in [2.45, 2.75) is 78.3 Å². The van der Waals surface area contributed by atoms with Gasteiger partial charge in [0.1, 0.15) is 0 Å². The van der Waals surface area contributed by atoms with E-state index >= 15 is 0 Å². The normalized spacial score (nSPS) is 18.0. The molecule has 0 spiro atoms. The van der Waals surface area contributed by atoms with E-state index in [1.54, 1.807) is 20.8 Å². The number of aliphatic hydroxyl groups excluding tert-OH is 5. The number of hydrogen-bond acceptors (Lipinski definition) is 12. The smallest absolute Gasteiger partial charge is 0.261 e. The number of amides is 2. The van der Waals surface area contributed by atoms with Crippen LogP contribution in [-0.2, 0) is 9.59 Å². The Hall–Kier alpha value is -1.26. The number of nitrogens with zero attached hydrogens (tertiary/aromatic N) is 3. The summed E-state index contributed by atoms with van der Waals surface area (Å²) in [5, 5.41) is 49.3. The number of aliphatic hydroxyl groups is 5. The van der Waals surface area contributed by atoms with Gasteiger partial charge >= 0.3 is 0 Å². The Balaban J connectivity index is -0.000000572. The maximum Gasteiger partial charge on any atom is 0.261 e. The molecule has 242 valence electrons. The largest absolute Gasteiger partial charge is 0.397 e. The summed E-state index contributed by atoms with van der Waals surface area (Å²) >= 11 is 0. The molecule has 9 N–H and O–H groups in total. The van der Waals surface area contributed by atoms with Gasteiger partial charge in [-0.25, -0.2) is 0 Å². The molecule has 1 aliphatic rings. The van der Waals surface area contributed by atoms with Crippen molar-refractivity contribution in [3.8, 4) is 0 Å². The molecular weight excluding hydrogens is 520 g/mol. The van der Waals surface area contributed by atoms with E-state index in [2.05, 4.69) is 34.3 Å². The monoisotopic (exact) mass is 582 g/mol. The molecule has 2 amide bonds. The van der Waals surface area contributed by atoms with Gasteiger partial charge in [-0.15, -0.1) is 0 Å². The van der Waals surface area contributed by atoms with Gasteiger partial charge in [0.2, 0.25) is 0 Å². The lowest BCUT2D eigenvalue weighted by Gasteiger charge is -2.24. The third-order valence-electron chi connectivity index (χ3n) is 5.84. The van der Waals surface area contributed by atoms with Crippen molar-refractivity contribution in [1.29, 1.82) is 0 Å². The molecule has 1 fully saturated rings. The van der Waals surface area contributed by atoms with Gasteiger partial charge in [0.15, 0.2) is 12.2 Å². The van der Waals surface area contributed by atoms with E-state index in [1.165, 1.54) is 13.0 Å². The SMILES string of the molecule is CC(O)C(C)O.CCCCN(CCNC)CCN1C(=O)C(O)C(O)C1=O.CCCN(CCN)CCNC.CCO. The van der Waals surface area contributed by atoms with Crippen LogP contribution in [-0.4, -0.2) is 163 Å². The van der Waals surface area contributed by atoms with Crippen molar-refractivity contribution in [2.75, 3.05) is 86.1 Å². The molecule has 40 heavy (non-hydrogen) atoms. The van der Waals surface area contributed by atoms with Crippen LogP contribution in [0.3, 0.4) is 0 Å². The van der Waals surface area contributed by atoms with Gasteiger partial charge in [0.25, 0.3) is 11.8 Å². The third kappa shape index (κ3) is 22.4. The Kier molecular flexibility index (Phi) is 31.6. The van der Waals surface area contributed by atoms with Crippen molar-refractivity contribution in [2.24, 2.45) is 5.73 Å². The second-order valence-corrected chi connectivity index (χ2v) is 9.55. The van der Waals surface area contributed by atoms with Gasteiger partial charge in [-0.2, -0.15) is 0 Å². The van der Waals surface area contributed by atoms with Gasteiger partial charge < -0.3 is 51.7 Å². The molecule has 4 atom stereocenters. The van der Waals surface area contributed by atoms with Gasteiger partial charge in [-0.05, 0) is 60.8 Å². The zero-order chi connectivity index (χ0) is 31.5. The van der Waals surface area contributed by atoms with Crippen LogP contribution in [0.1, 0.15) is 53.9 Å². The van der Waals surface area contributed by atoms with Gasteiger partial charge in [0.05, 0.1) is 12.2 Å². The number of rotatable bonds is 17. The highest BCUT2D eigenvalue weighted by Crippen LogP contribution is 2.13. The Labute approximate surface area is 242 Å². The molecule has 13 heteroatoms. The highest BCUT2D eigenvalue weighted by molar-refractivity contribution is 6.07. The van der Waals surface area contributed by atoms with Crippen molar-refractivity contribution >= 4 is 11.8 Å². The number of carbonyl (C=O) groups is 2. The number of likely N-dealkylation sites (N-methyl/N-ethyl adjacent to an activating group) is 2. The van der Waals surface area contributed by atoms with E-state index in [-0.39, 0.29) is 13.2 Å². The van der Waals surface area contributed by atoms with Crippen LogP contribution in [0.4, 0.5) is 0 Å². The van der Waals surface area contributed by atoms with Crippen LogP contribution in [0, 0.1) is 0 Å². The first kappa shape index (κ1) is 43.2. The van der Waals surface area contributed by atoms with Crippen LogP contribution >= 0.6 is 0 Å². The molecule has 0 aromatic carbocycles. The quantitative estimate of drug-likeness (QED) is 0.0882. The number of unbranched alkanes of at least 4 members (excludes halogenated alkanes) is 1. The Bertz CT molecular complexity index is 548. The molecule has 1 saturated heterocycles. The highest BCUT2D eigenvalue weighted by atomic mass is 16.4. The predicted molar refractivity (Wildman–Crippen MR) is 160 cm³/mol. The number of hydrogen-bond donors (Lipinski definition) is 8. The Morgan fingerprint density at radius 2 is 1.23 bits per heavy atom. The van der Waals surface area contributed by atoms with E-state index < -0.39 is 36.2 Å². The van der Waals surface area contributed by atoms with Crippen LogP contribution in [0.15, 0.2) is 0 Å². The van der Waals surface area contributed by atoms with Crippen molar-refractivity contribution in [3.63, 3.8) is 0 Å². The van der Waals surface area contributed by atoms with Crippen LogP contribution < -0.4 is 16.4 Å². The molecule has 0 aromatic rings. The van der Waals surface area contributed by atoms with E-state index in [0.29, 0.717) is 6.54 Å². The lowest BCUT2D eigenvalue weighted by Crippen LogP contribution is -2.41. The standard InChI is InChI=1S/C13H25N3O4.C8H21N3.C4H10O2.C2H6O/c1-3-4-6-15(7-5-14-2)8-9-16-12(19)10(17)11(18)13(16)20;1-3-6-11(7-4-9)8-5-10-2;1-3(5)4(2)6;1-2-3/h10-11,14,17-18H,3-9H2,1-2H3;10H,3-9H2,1-2H3;3-6H,1-2H3;3H,2H2,1H3. The number of likely N-dealkylation sites (tertiary alicyclic amines) is 1. The predicted octanol–water partition coefficient (Wildman–Crippen LogP) is -1.98. The molecule has 13 nitrogen and oxygen atoms in total. The summed E-state index contributed by atoms with van der Waals surface area (Å²) in [6.45, 7) is 17.8. The van der Waals surface area contributed by atoms with Crippen LogP contribution in [0.5, 0.6) is 0 Å². The number of nitrogens with one attached hydrogen (secondary N) is 2. The van der Waals surface area contributed by atoms with Gasteiger partial charge in [0, 0.05) is 59.0 Å². The summed E-state index contributed by atoms with van der Waals surface area (Å²) in [5.41, 5.74) is 5.47. The second-order valence-electron chi connectivity index (χ2n) is 9.55. The minimum absolute atomic E-state index is 0.208. The molecule has 0 aliphatic carbocycles. The maximum absolute atomic E-state index is 11.6. The molecule has 0 radical (unpaired) electrons. The lowest BCUT2D eigenvalue weighted by molar-refractivity contribution is -0.141. The van der Waals surface area contributed by atoms with Crippen LogP contribution in [0.2, 0.25) is 0 Å². The fourth-order valence-electron chi connectivity index (χ4n) is 3.25. The topological polar surface area (TPSA) is 195 Å². The molecule has 4 unspecified atom stereocenters. The van der Waals surface area contributed by atoms with Gasteiger partial charge in [-0.3, -0.25) is 14.5 Å². The molecule has 0 aromatic heterocycles.